The van der Waals surface area contributed by atoms with E-state index < -0.39 is 29.2 Å². The molecular weight excluding hydrogens is 305 g/mol. The maximum atomic E-state index is 12.9. The summed E-state index contributed by atoms with van der Waals surface area (Å²) in [6.07, 6.45) is -0.0110. The number of imide groups is 1. The molecule has 0 spiro atoms. The van der Waals surface area contributed by atoms with E-state index in [4.69, 9.17) is 29.3 Å². The first-order chi connectivity index (χ1) is 11.2. The van der Waals surface area contributed by atoms with Crippen LogP contribution in [0.15, 0.2) is 10.9 Å². The molecule has 2 heterocycles. The molecular formula is C14H11B3N4O3. The molecule has 0 bridgehead atoms. The highest BCUT2D eigenvalue weighted by Crippen LogP contribution is 2.25. The first-order valence-corrected chi connectivity index (χ1v) is 7.19. The van der Waals surface area contributed by atoms with E-state index in [9.17, 15) is 14.4 Å². The Hall–Kier alpha value is -2.51. The van der Waals surface area contributed by atoms with Gasteiger partial charge in [0.25, 0.3) is 5.56 Å². The van der Waals surface area contributed by atoms with Crippen LogP contribution < -0.4 is 27.5 Å². The van der Waals surface area contributed by atoms with Crippen LogP contribution in [0.25, 0.3) is 10.9 Å². The second-order valence-electron chi connectivity index (χ2n) is 5.73. The molecule has 3 rings (SSSR count). The van der Waals surface area contributed by atoms with E-state index in [1.807, 2.05) is 0 Å². The summed E-state index contributed by atoms with van der Waals surface area (Å²) in [6.45, 7) is 1.57. The third kappa shape index (κ3) is 2.33. The number of fused-ring (bicyclic) bond motifs is 1. The molecule has 0 saturated carbocycles. The summed E-state index contributed by atoms with van der Waals surface area (Å²) in [5.74, 6) is -1.82. The van der Waals surface area contributed by atoms with Gasteiger partial charge in [-0.3, -0.25) is 24.3 Å². The zero-order chi connectivity index (χ0) is 17.8. The van der Waals surface area contributed by atoms with Gasteiger partial charge in [-0.25, -0.2) is 4.98 Å². The number of nitrogens with zero attached hydrogens (tertiary/aromatic N) is 2. The Bertz CT molecular complexity index is 957. The molecule has 7 nitrogen and oxygen atoms in total. The van der Waals surface area contributed by atoms with Crippen LogP contribution in [0.3, 0.4) is 0 Å². The van der Waals surface area contributed by atoms with Crippen molar-refractivity contribution in [2.45, 2.75) is 25.2 Å². The van der Waals surface area contributed by atoms with Gasteiger partial charge in [-0.15, -0.1) is 0 Å². The molecule has 6 radical (unpaired) electrons. The minimum atomic E-state index is -0.958. The number of carbonyl (C=O) groups is 2. The topological polar surface area (TPSA) is 107 Å². The van der Waals surface area contributed by atoms with E-state index in [1.165, 1.54) is 10.6 Å². The summed E-state index contributed by atoms with van der Waals surface area (Å²) in [6, 6.07) is 0.496. The number of aromatic nitrogens is 2. The Kier molecular flexibility index (Phi) is 3.78. The minimum Gasteiger partial charge on any atom is -0.399 e. The Labute approximate surface area is 141 Å². The number of benzene rings is 1. The summed E-state index contributed by atoms with van der Waals surface area (Å²) in [7, 11) is 17.2. The van der Waals surface area contributed by atoms with E-state index in [0.717, 1.165) is 0 Å². The number of hydrogen-bond acceptors (Lipinski definition) is 5. The van der Waals surface area contributed by atoms with Crippen LogP contribution in [0.5, 0.6) is 0 Å². The molecule has 1 aromatic heterocycles. The molecule has 1 aromatic carbocycles. The summed E-state index contributed by atoms with van der Waals surface area (Å²) in [4.78, 5) is 40.8. The molecule has 2 atom stereocenters. The van der Waals surface area contributed by atoms with Gasteiger partial charge >= 0.3 is 0 Å². The number of amides is 2. The quantitative estimate of drug-likeness (QED) is 0.341. The Morgan fingerprint density at radius 2 is 1.96 bits per heavy atom. The Morgan fingerprint density at radius 3 is 2.62 bits per heavy atom. The van der Waals surface area contributed by atoms with Crippen molar-refractivity contribution in [3.05, 3.63) is 22.2 Å². The molecule has 3 N–H and O–H groups in total. The van der Waals surface area contributed by atoms with E-state index in [0.29, 0.717) is 0 Å². The largest absolute Gasteiger partial charge is 0.399 e. The molecule has 1 aliphatic rings. The normalized spacial score (nSPS) is 21.0. The lowest BCUT2D eigenvalue weighted by Gasteiger charge is -2.28. The van der Waals surface area contributed by atoms with E-state index in [-0.39, 0.29) is 39.8 Å². The van der Waals surface area contributed by atoms with Gasteiger partial charge in [-0.05, 0) is 19.4 Å². The predicted molar refractivity (Wildman–Crippen MR) is 92.2 cm³/mol. The Balaban J connectivity index is 2.28. The highest BCUT2D eigenvalue weighted by atomic mass is 16.2. The van der Waals surface area contributed by atoms with Crippen LogP contribution in [0.2, 0.25) is 5.82 Å². The van der Waals surface area contributed by atoms with Crippen LogP contribution in [0.1, 0.15) is 18.3 Å². The predicted octanol–water partition coefficient (Wildman–Crippen LogP) is -2.58. The molecule has 1 saturated heterocycles. The second-order valence-corrected chi connectivity index (χ2v) is 5.73. The number of aryl methyl sites for hydroxylation is 1. The molecule has 114 valence electrons. The highest BCUT2D eigenvalue weighted by Gasteiger charge is 2.34. The summed E-state index contributed by atoms with van der Waals surface area (Å²) in [5.41, 5.74) is 5.97. The maximum Gasteiger partial charge on any atom is 0.264 e. The van der Waals surface area contributed by atoms with Gasteiger partial charge in [0.2, 0.25) is 11.8 Å². The Morgan fingerprint density at radius 1 is 1.29 bits per heavy atom. The van der Waals surface area contributed by atoms with Gasteiger partial charge < -0.3 is 5.73 Å². The van der Waals surface area contributed by atoms with Gasteiger partial charge in [-0.1, -0.05) is 10.9 Å². The number of nitrogens with one attached hydrogen (secondary N) is 1. The van der Waals surface area contributed by atoms with Crippen molar-refractivity contribution < 1.29 is 9.59 Å². The standard InChI is InChI=1S/C14H11B3N4O3/c1-4-19-7-2-5(15)10(17)11(18)9(7)14(24)21(4)8-3-6(16)12(22)20-13(8)23/h2,6,8H,3,18H2,1H3,(H,20,22,23). The molecule has 10 heteroatoms. The van der Waals surface area contributed by atoms with Crippen molar-refractivity contribution in [3.63, 3.8) is 0 Å². The lowest BCUT2D eigenvalue weighted by atomic mass is 9.78. The monoisotopic (exact) mass is 316 g/mol. The van der Waals surface area contributed by atoms with Gasteiger partial charge in [0, 0.05) is 11.5 Å². The van der Waals surface area contributed by atoms with E-state index in [2.05, 4.69) is 10.3 Å². The SMILES string of the molecule is [B]c1cc2nc(C)n(C3CC([B])C(=O)NC3=O)c(=O)c2c(N)c1[B]. The summed E-state index contributed by atoms with van der Waals surface area (Å²) in [5, 5.41) is 2.22. The lowest BCUT2D eigenvalue weighted by Crippen LogP contribution is -2.48. The van der Waals surface area contributed by atoms with Crippen LogP contribution in [-0.4, -0.2) is 44.9 Å². The maximum absolute atomic E-state index is 12.9. The highest BCUT2D eigenvalue weighted by molar-refractivity contribution is 6.52. The van der Waals surface area contributed by atoms with Crippen molar-refractivity contribution in [2.24, 2.45) is 0 Å². The van der Waals surface area contributed by atoms with Gasteiger partial charge in [0.1, 0.15) is 27.6 Å². The van der Waals surface area contributed by atoms with Gasteiger partial charge in [0.15, 0.2) is 0 Å². The number of rotatable bonds is 1. The van der Waals surface area contributed by atoms with E-state index >= 15 is 0 Å². The third-order valence-electron chi connectivity index (χ3n) is 4.16. The van der Waals surface area contributed by atoms with Crippen molar-refractivity contribution >= 4 is 62.9 Å². The van der Waals surface area contributed by atoms with Crippen molar-refractivity contribution in [2.75, 3.05) is 5.73 Å². The molecule has 24 heavy (non-hydrogen) atoms. The molecule has 1 fully saturated rings. The fourth-order valence-electron chi connectivity index (χ4n) is 2.88. The summed E-state index contributed by atoms with van der Waals surface area (Å²) >= 11 is 0. The number of hydrogen-bond donors (Lipinski definition) is 2. The van der Waals surface area contributed by atoms with Crippen molar-refractivity contribution in [3.8, 4) is 0 Å². The zero-order valence-electron chi connectivity index (χ0n) is 12.9. The average molecular weight is 316 g/mol. The fraction of sp³-hybridized carbons (Fsp3) is 0.286. The zero-order valence-corrected chi connectivity index (χ0v) is 12.9. The number of nitrogens with two attached hydrogens (primary N) is 1. The van der Waals surface area contributed by atoms with Gasteiger partial charge in [-0.2, -0.15) is 0 Å². The third-order valence-corrected chi connectivity index (χ3v) is 4.16. The number of piperidine rings is 1. The first-order valence-electron chi connectivity index (χ1n) is 7.19. The molecule has 2 unspecified atom stereocenters. The smallest absolute Gasteiger partial charge is 0.264 e. The summed E-state index contributed by atoms with van der Waals surface area (Å²) < 4.78 is 1.18. The molecule has 0 aliphatic carbocycles. The van der Waals surface area contributed by atoms with Crippen LogP contribution in [0, 0.1) is 6.92 Å². The second kappa shape index (κ2) is 5.54. The molecule has 2 amide bonds. The lowest BCUT2D eigenvalue weighted by molar-refractivity contribution is -0.135. The molecule has 1 aliphatic heterocycles. The molecule has 2 aromatic rings. The van der Waals surface area contributed by atoms with Crippen LogP contribution in [-0.2, 0) is 9.59 Å². The number of nitrogen functional groups attached to an aromatic ring is 1. The van der Waals surface area contributed by atoms with Crippen molar-refractivity contribution in [1.29, 1.82) is 0 Å². The van der Waals surface area contributed by atoms with Crippen molar-refractivity contribution in [1.82, 2.24) is 14.9 Å². The average Bonchev–Trinajstić information content (AvgIpc) is 2.49. The number of carbonyl (C=O) groups excluding carboxylic acids is 2. The van der Waals surface area contributed by atoms with E-state index in [1.54, 1.807) is 6.92 Å². The first kappa shape index (κ1) is 16.4. The van der Waals surface area contributed by atoms with Crippen LogP contribution >= 0.6 is 0 Å². The minimum absolute atomic E-state index is 0.00726. The van der Waals surface area contributed by atoms with Gasteiger partial charge in [0.05, 0.1) is 18.7 Å². The number of anilines is 1. The fourth-order valence-corrected chi connectivity index (χ4v) is 2.88. The van der Waals surface area contributed by atoms with Crippen LogP contribution in [0.4, 0.5) is 5.69 Å².